The first kappa shape index (κ1) is 16.3. The van der Waals surface area contributed by atoms with E-state index < -0.39 is 5.60 Å². The maximum Gasteiger partial charge on any atom is 0.275 e. The molecular formula is C17H15FN3O2S-. The van der Waals surface area contributed by atoms with Gasteiger partial charge in [-0.2, -0.15) is 0 Å². The number of hydrogen-bond donors (Lipinski definition) is 1. The van der Waals surface area contributed by atoms with Gasteiger partial charge in [0.05, 0.1) is 5.69 Å². The molecule has 0 unspecified atom stereocenters. The molecule has 24 heavy (non-hydrogen) atoms. The molecule has 0 bridgehead atoms. The molecule has 2 aromatic carbocycles. The lowest BCUT2D eigenvalue weighted by atomic mass is 10.0. The number of rotatable bonds is 4. The highest BCUT2D eigenvalue weighted by molar-refractivity contribution is 8.14. The minimum Gasteiger partial charge on any atom is -0.626 e. The fraction of sp³-hybridized carbons (Fsp3) is 0.176. The second kappa shape index (κ2) is 6.16. The van der Waals surface area contributed by atoms with Gasteiger partial charge in [0.2, 0.25) is 0 Å². The molecule has 7 heteroatoms. The van der Waals surface area contributed by atoms with Crippen molar-refractivity contribution in [1.82, 2.24) is 0 Å². The highest BCUT2D eigenvalue weighted by Gasteiger charge is 2.41. The molecule has 1 aliphatic heterocycles. The maximum absolute atomic E-state index is 13.2. The van der Waals surface area contributed by atoms with Crippen molar-refractivity contribution in [2.45, 2.75) is 19.4 Å². The summed E-state index contributed by atoms with van der Waals surface area (Å²) in [5, 5.41) is 7.02. The van der Waals surface area contributed by atoms with E-state index in [0.29, 0.717) is 22.8 Å². The Kier molecular flexibility index (Phi) is 4.19. The monoisotopic (exact) mass is 344 g/mol. The van der Waals surface area contributed by atoms with E-state index in [1.807, 2.05) is 0 Å². The molecule has 124 valence electrons. The Bertz CT molecular complexity index is 793. The summed E-state index contributed by atoms with van der Waals surface area (Å²) in [6.07, 6.45) is 0. The highest BCUT2D eigenvalue weighted by Crippen LogP contribution is 2.44. The Balaban J connectivity index is 2.07. The second-order valence-corrected chi connectivity index (χ2v) is 6.33. The number of fused-ring (bicyclic) bond motifs is 1. The van der Waals surface area contributed by atoms with Crippen LogP contribution in [0, 0.1) is 11.2 Å². The van der Waals surface area contributed by atoms with Gasteiger partial charge in [-0.15, -0.1) is 5.69 Å². The number of anilines is 2. The minimum absolute atomic E-state index is 0.236. The molecule has 0 saturated heterocycles. The third kappa shape index (κ3) is 2.94. The molecule has 0 aliphatic carbocycles. The number of halogens is 1. The topological polar surface area (TPSA) is 67.5 Å². The van der Waals surface area contributed by atoms with Gasteiger partial charge in [-0.1, -0.05) is 6.07 Å². The van der Waals surface area contributed by atoms with Crippen LogP contribution in [0.4, 0.5) is 21.5 Å². The van der Waals surface area contributed by atoms with Crippen LogP contribution in [-0.2, 0) is 4.79 Å². The van der Waals surface area contributed by atoms with Crippen molar-refractivity contribution in [3.8, 4) is 5.75 Å². The van der Waals surface area contributed by atoms with Crippen LogP contribution in [0.25, 0.3) is 4.72 Å². The quantitative estimate of drug-likeness (QED) is 0.486. The Hall–Kier alpha value is -2.54. The third-order valence-electron chi connectivity index (χ3n) is 3.56. The predicted octanol–water partition coefficient (Wildman–Crippen LogP) is 4.92. The average Bonchev–Trinajstić information content (AvgIpc) is 2.55. The lowest BCUT2D eigenvalue weighted by molar-refractivity contribution is -0.131. The zero-order valence-electron chi connectivity index (χ0n) is 13.1. The first-order valence-corrected chi connectivity index (χ1v) is 8.05. The van der Waals surface area contributed by atoms with Gasteiger partial charge < -0.3 is 14.9 Å². The lowest BCUT2D eigenvalue weighted by Crippen LogP contribution is -2.50. The zero-order chi connectivity index (χ0) is 17.3. The summed E-state index contributed by atoms with van der Waals surface area (Å²) in [5.74, 6) is -0.0901. The lowest BCUT2D eigenvalue weighted by Gasteiger charge is -2.39. The van der Waals surface area contributed by atoms with Crippen LogP contribution in [0.2, 0.25) is 0 Å². The number of carbonyl (C=O) groups is 1. The van der Waals surface area contributed by atoms with Crippen molar-refractivity contribution in [1.29, 1.82) is 5.41 Å². The van der Waals surface area contributed by atoms with Crippen molar-refractivity contribution in [3.63, 3.8) is 0 Å². The van der Waals surface area contributed by atoms with Crippen LogP contribution in [0.5, 0.6) is 5.75 Å². The zero-order valence-corrected chi connectivity index (χ0v) is 13.9. The molecule has 2 aromatic rings. The fourth-order valence-electron chi connectivity index (χ4n) is 2.46. The van der Waals surface area contributed by atoms with E-state index in [-0.39, 0.29) is 11.7 Å². The van der Waals surface area contributed by atoms with E-state index in [1.165, 1.54) is 17.0 Å². The van der Waals surface area contributed by atoms with E-state index in [0.717, 1.165) is 17.5 Å². The predicted molar refractivity (Wildman–Crippen MR) is 94.1 cm³/mol. The average molecular weight is 344 g/mol. The molecule has 1 amide bonds. The largest absolute Gasteiger partial charge is 0.626 e. The van der Waals surface area contributed by atoms with Crippen LogP contribution < -0.4 is 9.64 Å². The SMILES string of the molecule is CC1(C)Oc2cc([N-]SC=N)ccc2N(c2ccc(F)cc2)C1=O. The van der Waals surface area contributed by atoms with E-state index >= 15 is 0 Å². The molecule has 0 fully saturated rings. The van der Waals surface area contributed by atoms with Gasteiger partial charge in [0.15, 0.2) is 5.60 Å². The Morgan fingerprint density at radius 2 is 1.96 bits per heavy atom. The number of amides is 1. The van der Waals surface area contributed by atoms with Crippen molar-refractivity contribution in [3.05, 3.63) is 53.0 Å². The van der Waals surface area contributed by atoms with Crippen LogP contribution in [0.3, 0.4) is 0 Å². The number of hydrogen-bond acceptors (Lipinski definition) is 4. The molecule has 1 aliphatic rings. The smallest absolute Gasteiger partial charge is 0.275 e. The third-order valence-corrected chi connectivity index (χ3v) is 3.98. The van der Waals surface area contributed by atoms with Crippen LogP contribution in [0.1, 0.15) is 13.8 Å². The molecule has 1 heterocycles. The summed E-state index contributed by atoms with van der Waals surface area (Å²) in [6, 6.07) is 10.9. The summed E-state index contributed by atoms with van der Waals surface area (Å²) in [4.78, 5) is 14.3. The first-order valence-electron chi connectivity index (χ1n) is 7.21. The van der Waals surface area contributed by atoms with Crippen LogP contribution in [0.15, 0.2) is 42.5 Å². The van der Waals surface area contributed by atoms with Crippen molar-refractivity contribution < 1.29 is 13.9 Å². The van der Waals surface area contributed by atoms with Crippen molar-refractivity contribution in [2.24, 2.45) is 0 Å². The normalized spacial score (nSPS) is 15.5. The van der Waals surface area contributed by atoms with Gasteiger partial charge in [-0.25, -0.2) is 16.3 Å². The highest BCUT2D eigenvalue weighted by atomic mass is 32.2. The van der Waals surface area contributed by atoms with Gasteiger partial charge in [-0.3, -0.25) is 9.69 Å². The first-order chi connectivity index (χ1) is 11.4. The molecule has 5 nitrogen and oxygen atoms in total. The molecule has 0 atom stereocenters. The summed E-state index contributed by atoms with van der Waals surface area (Å²) in [6.45, 7) is 3.37. The summed E-state index contributed by atoms with van der Waals surface area (Å²) < 4.78 is 23.2. The summed E-state index contributed by atoms with van der Waals surface area (Å²) in [7, 11) is 0. The van der Waals surface area contributed by atoms with Gasteiger partial charge in [-0.05, 0) is 50.2 Å². The minimum atomic E-state index is -1.06. The fourth-order valence-corrected chi connectivity index (χ4v) is 2.74. The van der Waals surface area contributed by atoms with E-state index in [4.69, 9.17) is 10.1 Å². The van der Waals surface area contributed by atoms with Crippen LogP contribution >= 0.6 is 11.9 Å². The number of nitrogens with zero attached hydrogens (tertiary/aromatic N) is 2. The maximum atomic E-state index is 13.2. The van der Waals surface area contributed by atoms with Crippen LogP contribution in [-0.4, -0.2) is 17.1 Å². The number of benzene rings is 2. The second-order valence-electron chi connectivity index (χ2n) is 5.70. The molecule has 1 N–H and O–H groups in total. The van der Waals surface area contributed by atoms with Gasteiger partial charge in [0.25, 0.3) is 5.91 Å². The van der Waals surface area contributed by atoms with E-state index in [1.54, 1.807) is 44.2 Å². The Labute approximate surface area is 143 Å². The van der Waals surface area contributed by atoms with E-state index in [9.17, 15) is 9.18 Å². The molecule has 0 saturated carbocycles. The summed E-state index contributed by atoms with van der Waals surface area (Å²) in [5.41, 5.74) is 1.83. The van der Waals surface area contributed by atoms with Crippen molar-refractivity contribution in [2.75, 3.05) is 4.90 Å². The van der Waals surface area contributed by atoms with Gasteiger partial charge in [0.1, 0.15) is 11.6 Å². The van der Waals surface area contributed by atoms with E-state index in [2.05, 4.69) is 4.72 Å². The number of nitrogens with one attached hydrogen (secondary N) is 1. The molecule has 0 aromatic heterocycles. The standard InChI is InChI=1S/C17H15FN3O2S/c1-17(2)16(22)21(13-6-3-11(18)4-7-13)14-8-5-12(20-24-10-19)9-15(14)23-17/h3-10,19H,1-2H3/q-1. The summed E-state index contributed by atoms with van der Waals surface area (Å²) >= 11 is 1.000. The number of ether oxygens (including phenoxy) is 1. The Morgan fingerprint density at radius 1 is 1.25 bits per heavy atom. The molecule has 3 rings (SSSR count). The van der Waals surface area contributed by atoms with Gasteiger partial charge in [0, 0.05) is 11.2 Å². The molecule has 0 spiro atoms. The number of carbonyl (C=O) groups excluding carboxylic acids is 1. The molecule has 0 radical (unpaired) electrons. The Morgan fingerprint density at radius 3 is 2.62 bits per heavy atom. The molecular weight excluding hydrogens is 329 g/mol. The van der Waals surface area contributed by atoms with Crippen molar-refractivity contribution >= 4 is 40.5 Å². The van der Waals surface area contributed by atoms with Gasteiger partial charge >= 0.3 is 0 Å².